The lowest BCUT2D eigenvalue weighted by atomic mass is 10.2. The van der Waals surface area contributed by atoms with Crippen molar-refractivity contribution in [3.8, 4) is 0 Å². The van der Waals surface area contributed by atoms with E-state index < -0.39 is 26.9 Å². The Bertz CT molecular complexity index is 1420. The third kappa shape index (κ3) is 4.77. The third-order valence-electron chi connectivity index (χ3n) is 5.51. The van der Waals surface area contributed by atoms with Gasteiger partial charge in [-0.3, -0.25) is 14.9 Å². The van der Waals surface area contributed by atoms with E-state index in [4.69, 9.17) is 16.3 Å². The molecule has 180 valence electrons. The van der Waals surface area contributed by atoms with Gasteiger partial charge in [-0.15, -0.1) is 0 Å². The summed E-state index contributed by atoms with van der Waals surface area (Å²) in [5.41, 5.74) is 0.477. The normalized spacial score (nSPS) is 17.5. The molecule has 3 aromatic rings. The number of nitrogens with zero attached hydrogens (tertiary/aromatic N) is 4. The number of nitro groups is 1. The van der Waals surface area contributed by atoms with Crippen LogP contribution in [0.15, 0.2) is 52.4 Å². The van der Waals surface area contributed by atoms with E-state index in [2.05, 4.69) is 4.99 Å². The van der Waals surface area contributed by atoms with Gasteiger partial charge in [-0.2, -0.15) is 9.30 Å². The topological polar surface area (TPSA) is 124 Å². The molecule has 1 saturated heterocycles. The number of hydrogen-bond donors (Lipinski definition) is 0. The first-order valence-corrected chi connectivity index (χ1v) is 13.0. The molecule has 1 aromatic heterocycles. The molecular weight excluding hydrogens is 504 g/mol. The Labute approximate surface area is 204 Å². The van der Waals surface area contributed by atoms with E-state index in [9.17, 15) is 23.3 Å². The zero-order chi connectivity index (χ0) is 24.5. The number of methoxy groups -OCH3 is 1. The Kier molecular flexibility index (Phi) is 7.14. The lowest BCUT2D eigenvalue weighted by Crippen LogP contribution is -2.40. The van der Waals surface area contributed by atoms with Gasteiger partial charge in [0.2, 0.25) is 10.0 Å². The molecule has 0 spiro atoms. The first kappa shape index (κ1) is 24.5. The number of hydrogen-bond acceptors (Lipinski definition) is 7. The molecule has 1 fully saturated rings. The lowest BCUT2D eigenvalue weighted by Gasteiger charge is -2.21. The quantitative estimate of drug-likeness (QED) is 0.345. The van der Waals surface area contributed by atoms with Gasteiger partial charge in [0.25, 0.3) is 11.6 Å². The van der Waals surface area contributed by atoms with Crippen LogP contribution >= 0.6 is 22.9 Å². The van der Waals surface area contributed by atoms with Crippen molar-refractivity contribution in [3.05, 3.63) is 62.4 Å². The highest BCUT2D eigenvalue weighted by molar-refractivity contribution is 7.89. The summed E-state index contributed by atoms with van der Waals surface area (Å²) in [5, 5.41) is 11.6. The van der Waals surface area contributed by atoms with Crippen molar-refractivity contribution in [2.45, 2.75) is 30.3 Å². The number of carbonyl (C=O) groups is 1. The Hall–Kier alpha value is -2.64. The number of amides is 1. The fourth-order valence-electron chi connectivity index (χ4n) is 3.84. The fourth-order valence-corrected chi connectivity index (χ4v) is 6.66. The van der Waals surface area contributed by atoms with Crippen molar-refractivity contribution in [2.75, 3.05) is 20.3 Å². The van der Waals surface area contributed by atoms with Gasteiger partial charge in [0.15, 0.2) is 4.80 Å². The van der Waals surface area contributed by atoms with E-state index in [-0.39, 0.29) is 17.1 Å². The van der Waals surface area contributed by atoms with Crippen molar-refractivity contribution >= 4 is 54.8 Å². The molecule has 10 nitrogen and oxygen atoms in total. The minimum atomic E-state index is -3.91. The molecule has 34 heavy (non-hydrogen) atoms. The van der Waals surface area contributed by atoms with Gasteiger partial charge in [0.05, 0.1) is 26.6 Å². The maximum absolute atomic E-state index is 13.2. The second-order valence-electron chi connectivity index (χ2n) is 7.62. The summed E-state index contributed by atoms with van der Waals surface area (Å²) >= 11 is 7.08. The minimum Gasteiger partial charge on any atom is -0.383 e. The number of thiazole rings is 1. The van der Waals surface area contributed by atoms with Gasteiger partial charge >= 0.3 is 0 Å². The molecule has 1 unspecified atom stereocenters. The number of halogens is 1. The molecule has 1 amide bonds. The van der Waals surface area contributed by atoms with E-state index in [1.54, 1.807) is 10.6 Å². The van der Waals surface area contributed by atoms with Gasteiger partial charge in [0, 0.05) is 37.4 Å². The second-order valence-corrected chi connectivity index (χ2v) is 11.0. The number of benzene rings is 2. The van der Waals surface area contributed by atoms with Crippen molar-refractivity contribution in [2.24, 2.45) is 4.99 Å². The molecule has 2 aromatic carbocycles. The average Bonchev–Trinajstić information content (AvgIpc) is 3.43. The molecule has 0 saturated carbocycles. The van der Waals surface area contributed by atoms with Gasteiger partial charge in [0.1, 0.15) is 6.04 Å². The van der Waals surface area contributed by atoms with E-state index >= 15 is 0 Å². The fraction of sp³-hybridized carbons (Fsp3) is 0.333. The highest BCUT2D eigenvalue weighted by Gasteiger charge is 2.39. The number of nitro benzene ring substituents is 1. The summed E-state index contributed by atoms with van der Waals surface area (Å²) < 4.78 is 35.1. The third-order valence-corrected chi connectivity index (χ3v) is 8.74. The van der Waals surface area contributed by atoms with E-state index in [1.165, 1.54) is 59.2 Å². The van der Waals surface area contributed by atoms with Crippen molar-refractivity contribution in [3.63, 3.8) is 0 Å². The van der Waals surface area contributed by atoms with Crippen LogP contribution in [0, 0.1) is 10.1 Å². The van der Waals surface area contributed by atoms with Crippen LogP contribution in [0.4, 0.5) is 5.69 Å². The van der Waals surface area contributed by atoms with Crippen LogP contribution in [-0.4, -0.2) is 54.4 Å². The molecule has 4 rings (SSSR count). The zero-order valence-electron chi connectivity index (χ0n) is 18.1. The van der Waals surface area contributed by atoms with Crippen molar-refractivity contribution < 1.29 is 22.9 Å². The number of aromatic nitrogens is 1. The Balaban J connectivity index is 1.73. The molecule has 1 atom stereocenters. The van der Waals surface area contributed by atoms with E-state index in [0.717, 1.165) is 0 Å². The minimum absolute atomic E-state index is 0.0564. The van der Waals surface area contributed by atoms with E-state index in [1.807, 2.05) is 0 Å². The number of ether oxygens (including phenoxy) is 1. The molecule has 1 aliphatic rings. The molecule has 13 heteroatoms. The van der Waals surface area contributed by atoms with Gasteiger partial charge in [-0.25, -0.2) is 8.42 Å². The average molecular weight is 525 g/mol. The Morgan fingerprint density at radius 1 is 1.29 bits per heavy atom. The summed E-state index contributed by atoms with van der Waals surface area (Å²) in [5.74, 6) is -0.581. The number of non-ortho nitro benzene ring substituents is 1. The summed E-state index contributed by atoms with van der Waals surface area (Å²) in [6.45, 7) is 0.830. The van der Waals surface area contributed by atoms with Crippen molar-refractivity contribution in [1.82, 2.24) is 8.87 Å². The maximum atomic E-state index is 13.2. The van der Waals surface area contributed by atoms with Gasteiger partial charge in [-0.1, -0.05) is 22.9 Å². The summed E-state index contributed by atoms with van der Waals surface area (Å²) in [6, 6.07) is 9.29. The van der Waals surface area contributed by atoms with Crippen LogP contribution in [0.3, 0.4) is 0 Å². The molecule has 0 N–H and O–H groups in total. The Morgan fingerprint density at radius 3 is 2.71 bits per heavy atom. The van der Waals surface area contributed by atoms with Crippen LogP contribution in [0.2, 0.25) is 5.02 Å². The predicted molar refractivity (Wildman–Crippen MR) is 127 cm³/mol. The number of sulfonamides is 1. The number of carbonyl (C=O) groups excluding carboxylic acids is 1. The molecular formula is C21H21ClN4O6S2. The maximum Gasteiger partial charge on any atom is 0.271 e. The predicted octanol–water partition coefficient (Wildman–Crippen LogP) is 3.19. The monoisotopic (exact) mass is 524 g/mol. The smallest absolute Gasteiger partial charge is 0.271 e. The van der Waals surface area contributed by atoms with Crippen LogP contribution < -0.4 is 4.80 Å². The highest BCUT2D eigenvalue weighted by atomic mass is 35.5. The van der Waals surface area contributed by atoms with Crippen LogP contribution in [-0.2, 0) is 26.1 Å². The standard InChI is InChI=1S/C21H21ClN4O6S2/c1-32-12-11-24-18-13-15(26(28)29)6-9-19(18)33-21(24)23-20(27)17-3-2-10-25(17)34(30,31)16-7-4-14(22)5-8-16/h4-9,13,17H,2-3,10-12H2,1H3. The SMILES string of the molecule is COCCn1c(=NC(=O)C2CCCN2S(=O)(=O)c2ccc(Cl)cc2)sc2ccc([N+](=O)[O-])cc21. The zero-order valence-corrected chi connectivity index (χ0v) is 20.5. The van der Waals surface area contributed by atoms with E-state index in [0.29, 0.717) is 46.0 Å². The molecule has 1 aliphatic heterocycles. The lowest BCUT2D eigenvalue weighted by molar-refractivity contribution is -0.384. The molecule has 0 bridgehead atoms. The number of fused-ring (bicyclic) bond motifs is 1. The summed E-state index contributed by atoms with van der Waals surface area (Å²) in [6.07, 6.45) is 0.880. The second kappa shape index (κ2) is 9.92. The number of rotatable bonds is 7. The summed E-state index contributed by atoms with van der Waals surface area (Å²) in [4.78, 5) is 28.6. The first-order chi connectivity index (χ1) is 16.2. The Morgan fingerprint density at radius 2 is 2.03 bits per heavy atom. The van der Waals surface area contributed by atoms with Gasteiger partial charge in [-0.05, 0) is 43.2 Å². The van der Waals surface area contributed by atoms with Crippen LogP contribution in [0.1, 0.15) is 12.8 Å². The first-order valence-electron chi connectivity index (χ1n) is 10.3. The van der Waals surface area contributed by atoms with Crippen LogP contribution in [0.25, 0.3) is 10.2 Å². The molecule has 2 heterocycles. The molecule has 0 aliphatic carbocycles. The molecule has 0 radical (unpaired) electrons. The largest absolute Gasteiger partial charge is 0.383 e. The van der Waals surface area contributed by atoms with Crippen LogP contribution in [0.5, 0.6) is 0 Å². The highest BCUT2D eigenvalue weighted by Crippen LogP contribution is 2.28. The van der Waals surface area contributed by atoms with Crippen molar-refractivity contribution in [1.29, 1.82) is 0 Å². The summed E-state index contributed by atoms with van der Waals surface area (Å²) in [7, 11) is -2.39. The van der Waals surface area contributed by atoms with Gasteiger partial charge < -0.3 is 9.30 Å².